The highest BCUT2D eigenvalue weighted by atomic mass is 16.5. The molecule has 0 aromatic carbocycles. The van der Waals surface area contributed by atoms with E-state index in [2.05, 4.69) is 4.98 Å². The van der Waals surface area contributed by atoms with Crippen LogP contribution in [0.3, 0.4) is 0 Å². The van der Waals surface area contributed by atoms with Crippen molar-refractivity contribution in [1.82, 2.24) is 9.88 Å². The minimum absolute atomic E-state index is 0.0897. The van der Waals surface area contributed by atoms with Crippen LogP contribution in [0.25, 0.3) is 0 Å². The van der Waals surface area contributed by atoms with Gasteiger partial charge in [0, 0.05) is 27.3 Å². The molecule has 1 amide bonds. The first-order chi connectivity index (χ1) is 10.0. The SMILES string of the molecule is COCCN(CCOC)C(=O)c1ccc(C(=O)O)c(C)n1. The van der Waals surface area contributed by atoms with Crippen molar-refractivity contribution in [1.29, 1.82) is 0 Å². The molecule has 0 aliphatic heterocycles. The van der Waals surface area contributed by atoms with Crippen molar-refractivity contribution in [3.63, 3.8) is 0 Å². The zero-order valence-corrected chi connectivity index (χ0v) is 12.5. The Hall–Kier alpha value is -1.99. The molecule has 1 N–H and O–H groups in total. The van der Waals surface area contributed by atoms with Crippen molar-refractivity contribution in [2.24, 2.45) is 0 Å². The third kappa shape index (κ3) is 4.80. The van der Waals surface area contributed by atoms with E-state index in [1.165, 1.54) is 12.1 Å². The highest BCUT2D eigenvalue weighted by Crippen LogP contribution is 2.09. The van der Waals surface area contributed by atoms with Crippen LogP contribution >= 0.6 is 0 Å². The van der Waals surface area contributed by atoms with Crippen LogP contribution in [0.1, 0.15) is 26.5 Å². The Morgan fingerprint density at radius 1 is 1.19 bits per heavy atom. The Morgan fingerprint density at radius 2 is 1.76 bits per heavy atom. The Kier molecular flexibility index (Phi) is 6.77. The quantitative estimate of drug-likeness (QED) is 0.764. The second-order valence-electron chi connectivity index (χ2n) is 4.41. The van der Waals surface area contributed by atoms with Gasteiger partial charge in [0.05, 0.1) is 24.5 Å². The van der Waals surface area contributed by atoms with Gasteiger partial charge in [0.25, 0.3) is 5.91 Å². The maximum atomic E-state index is 12.4. The van der Waals surface area contributed by atoms with Gasteiger partial charge >= 0.3 is 5.97 Å². The van der Waals surface area contributed by atoms with E-state index in [0.29, 0.717) is 32.0 Å². The summed E-state index contributed by atoms with van der Waals surface area (Å²) in [6.07, 6.45) is 0. The highest BCUT2D eigenvalue weighted by molar-refractivity contribution is 5.94. The molecular formula is C14H20N2O5. The number of carboxylic acid groups (broad SMARTS) is 1. The first kappa shape index (κ1) is 17.1. The number of pyridine rings is 1. The summed E-state index contributed by atoms with van der Waals surface area (Å²) in [5, 5.41) is 8.97. The molecule has 0 saturated heterocycles. The number of hydrogen-bond acceptors (Lipinski definition) is 5. The summed E-state index contributed by atoms with van der Waals surface area (Å²) in [5.41, 5.74) is 0.614. The molecule has 0 atom stereocenters. The van der Waals surface area contributed by atoms with Gasteiger partial charge in [-0.15, -0.1) is 0 Å². The minimum atomic E-state index is -1.06. The lowest BCUT2D eigenvalue weighted by atomic mass is 10.2. The van der Waals surface area contributed by atoms with E-state index in [9.17, 15) is 9.59 Å². The van der Waals surface area contributed by atoms with Crippen LogP contribution in [0.15, 0.2) is 12.1 Å². The number of ether oxygens (including phenoxy) is 2. The molecule has 0 radical (unpaired) electrons. The molecule has 1 rings (SSSR count). The van der Waals surface area contributed by atoms with E-state index < -0.39 is 5.97 Å². The van der Waals surface area contributed by atoms with Gasteiger partial charge in [-0.2, -0.15) is 0 Å². The number of rotatable bonds is 8. The average molecular weight is 296 g/mol. The Bertz CT molecular complexity index is 496. The van der Waals surface area contributed by atoms with E-state index in [4.69, 9.17) is 14.6 Å². The number of aryl methyl sites for hydroxylation is 1. The molecule has 0 spiro atoms. The summed E-state index contributed by atoms with van der Waals surface area (Å²) in [4.78, 5) is 29.0. The van der Waals surface area contributed by atoms with Gasteiger partial charge in [0.15, 0.2) is 0 Å². The number of nitrogens with zero attached hydrogens (tertiary/aromatic N) is 2. The number of aromatic carboxylic acids is 1. The Labute approximate surface area is 123 Å². The first-order valence-electron chi connectivity index (χ1n) is 6.49. The van der Waals surface area contributed by atoms with Gasteiger partial charge in [-0.3, -0.25) is 4.79 Å². The second-order valence-corrected chi connectivity index (χ2v) is 4.41. The fraction of sp³-hybridized carbons (Fsp3) is 0.500. The smallest absolute Gasteiger partial charge is 0.337 e. The molecule has 0 fully saturated rings. The summed E-state index contributed by atoms with van der Waals surface area (Å²) in [7, 11) is 3.12. The fourth-order valence-corrected chi connectivity index (χ4v) is 1.79. The van der Waals surface area contributed by atoms with Gasteiger partial charge in [0.1, 0.15) is 5.69 Å². The average Bonchev–Trinajstić information content (AvgIpc) is 2.46. The molecular weight excluding hydrogens is 276 g/mol. The predicted octanol–water partition coefficient (Wildman–Crippen LogP) is 0.823. The molecule has 0 unspecified atom stereocenters. The normalized spacial score (nSPS) is 10.4. The minimum Gasteiger partial charge on any atom is -0.478 e. The maximum Gasteiger partial charge on any atom is 0.337 e. The van der Waals surface area contributed by atoms with Crippen molar-refractivity contribution in [3.05, 3.63) is 29.1 Å². The van der Waals surface area contributed by atoms with E-state index in [1.54, 1.807) is 26.0 Å². The highest BCUT2D eigenvalue weighted by Gasteiger charge is 2.18. The van der Waals surface area contributed by atoms with Crippen LogP contribution in [0, 0.1) is 6.92 Å². The molecule has 0 saturated carbocycles. The molecule has 7 nitrogen and oxygen atoms in total. The summed E-state index contributed by atoms with van der Waals surface area (Å²) in [6, 6.07) is 2.81. The van der Waals surface area contributed by atoms with Gasteiger partial charge in [-0.05, 0) is 19.1 Å². The molecule has 21 heavy (non-hydrogen) atoms. The number of hydrogen-bond donors (Lipinski definition) is 1. The Morgan fingerprint density at radius 3 is 2.19 bits per heavy atom. The number of carbonyl (C=O) groups excluding carboxylic acids is 1. The third-order valence-corrected chi connectivity index (χ3v) is 2.95. The van der Waals surface area contributed by atoms with Crippen molar-refractivity contribution in [3.8, 4) is 0 Å². The van der Waals surface area contributed by atoms with E-state index in [0.717, 1.165) is 0 Å². The molecule has 1 aromatic heterocycles. The van der Waals surface area contributed by atoms with Gasteiger partial charge in [-0.1, -0.05) is 0 Å². The van der Waals surface area contributed by atoms with Gasteiger partial charge < -0.3 is 19.5 Å². The van der Waals surface area contributed by atoms with E-state index in [1.807, 2.05) is 0 Å². The molecule has 7 heteroatoms. The molecule has 0 aliphatic rings. The van der Waals surface area contributed by atoms with Gasteiger partial charge in [-0.25, -0.2) is 9.78 Å². The predicted molar refractivity (Wildman–Crippen MR) is 75.6 cm³/mol. The summed E-state index contributed by atoms with van der Waals surface area (Å²) < 4.78 is 9.96. The van der Waals surface area contributed by atoms with Crippen LogP contribution in [0.5, 0.6) is 0 Å². The zero-order chi connectivity index (χ0) is 15.8. The molecule has 1 heterocycles. The molecule has 0 bridgehead atoms. The monoisotopic (exact) mass is 296 g/mol. The van der Waals surface area contributed by atoms with Crippen molar-refractivity contribution < 1.29 is 24.2 Å². The lowest BCUT2D eigenvalue weighted by molar-refractivity contribution is 0.0619. The molecule has 116 valence electrons. The van der Waals surface area contributed by atoms with E-state index >= 15 is 0 Å². The summed E-state index contributed by atoms with van der Waals surface area (Å²) in [5.74, 6) is -1.33. The number of amides is 1. The zero-order valence-electron chi connectivity index (χ0n) is 12.5. The fourth-order valence-electron chi connectivity index (χ4n) is 1.79. The van der Waals surface area contributed by atoms with Crippen LogP contribution in [0.2, 0.25) is 0 Å². The van der Waals surface area contributed by atoms with E-state index in [-0.39, 0.29) is 17.2 Å². The van der Waals surface area contributed by atoms with Crippen LogP contribution in [-0.4, -0.2) is 67.4 Å². The first-order valence-corrected chi connectivity index (χ1v) is 6.49. The summed E-state index contributed by atoms with van der Waals surface area (Å²) in [6.45, 7) is 3.21. The third-order valence-electron chi connectivity index (χ3n) is 2.95. The topological polar surface area (TPSA) is 89.0 Å². The van der Waals surface area contributed by atoms with Crippen LogP contribution in [0.4, 0.5) is 0 Å². The largest absolute Gasteiger partial charge is 0.478 e. The van der Waals surface area contributed by atoms with Crippen molar-refractivity contribution in [2.75, 3.05) is 40.5 Å². The lowest BCUT2D eigenvalue weighted by Crippen LogP contribution is -2.37. The second kappa shape index (κ2) is 8.33. The summed E-state index contributed by atoms with van der Waals surface area (Å²) >= 11 is 0. The maximum absolute atomic E-state index is 12.4. The Balaban J connectivity index is 2.91. The van der Waals surface area contributed by atoms with Crippen molar-refractivity contribution >= 4 is 11.9 Å². The van der Waals surface area contributed by atoms with Crippen LogP contribution in [-0.2, 0) is 9.47 Å². The number of carbonyl (C=O) groups is 2. The lowest BCUT2D eigenvalue weighted by Gasteiger charge is -2.21. The standard InChI is InChI=1S/C14H20N2O5/c1-10-11(14(18)19)4-5-12(15-10)13(17)16(6-8-20-2)7-9-21-3/h4-5H,6-9H2,1-3H3,(H,18,19). The molecule has 1 aromatic rings. The van der Waals surface area contributed by atoms with Crippen LogP contribution < -0.4 is 0 Å². The number of methoxy groups -OCH3 is 2. The number of aromatic nitrogens is 1. The van der Waals surface area contributed by atoms with Crippen molar-refractivity contribution in [2.45, 2.75) is 6.92 Å². The number of carboxylic acids is 1. The van der Waals surface area contributed by atoms with Gasteiger partial charge in [0.2, 0.25) is 0 Å². The molecule has 0 aliphatic carbocycles.